The first kappa shape index (κ1) is 10.7. The summed E-state index contributed by atoms with van der Waals surface area (Å²) >= 11 is 1.42. The first-order valence-electron chi connectivity index (χ1n) is 5.85. The van der Waals surface area contributed by atoms with Crippen molar-refractivity contribution in [2.75, 3.05) is 6.61 Å². The zero-order valence-electron chi connectivity index (χ0n) is 9.60. The van der Waals surface area contributed by atoms with Gasteiger partial charge >= 0.3 is 5.97 Å². The molecule has 1 aliphatic carbocycles. The lowest BCUT2D eigenvalue weighted by atomic mass is 10.1. The molecule has 0 atom stereocenters. The molecule has 0 amide bonds. The molecule has 0 N–H and O–H groups in total. The van der Waals surface area contributed by atoms with Crippen LogP contribution >= 0.6 is 11.3 Å². The van der Waals surface area contributed by atoms with Gasteiger partial charge in [0.25, 0.3) is 0 Å². The number of hydrogen-bond donors (Lipinski definition) is 0. The molecule has 0 saturated heterocycles. The van der Waals surface area contributed by atoms with Gasteiger partial charge in [-0.2, -0.15) is 0 Å². The van der Waals surface area contributed by atoms with E-state index in [-0.39, 0.29) is 5.97 Å². The fourth-order valence-corrected chi connectivity index (χ4v) is 2.80. The van der Waals surface area contributed by atoms with Crippen LogP contribution in [0, 0.1) is 0 Å². The number of ether oxygens (including phenoxy) is 1. The quantitative estimate of drug-likeness (QED) is 0.781. The fourth-order valence-electron chi connectivity index (χ4n) is 1.89. The molecule has 0 unspecified atom stereocenters. The maximum absolute atomic E-state index is 11.6. The van der Waals surface area contributed by atoms with Gasteiger partial charge < -0.3 is 4.74 Å². The highest BCUT2D eigenvalue weighted by Crippen LogP contribution is 2.41. The number of esters is 1. The van der Waals surface area contributed by atoms with E-state index in [1.54, 1.807) is 6.92 Å². The van der Waals surface area contributed by atoms with Crippen molar-refractivity contribution in [3.05, 3.63) is 28.8 Å². The highest BCUT2D eigenvalue weighted by Gasteiger charge is 2.24. The Hall–Kier alpha value is -1.42. The highest BCUT2D eigenvalue weighted by atomic mass is 32.1. The number of carbonyl (C=O) groups is 1. The average molecular weight is 247 g/mol. The molecule has 17 heavy (non-hydrogen) atoms. The van der Waals surface area contributed by atoms with Crippen LogP contribution in [0.15, 0.2) is 18.2 Å². The van der Waals surface area contributed by atoms with Gasteiger partial charge in [-0.15, -0.1) is 11.3 Å². The molecule has 1 aliphatic rings. The lowest BCUT2D eigenvalue weighted by Gasteiger charge is -1.95. The Balaban J connectivity index is 1.97. The molecular formula is C13H13NO2S. The molecule has 0 radical (unpaired) electrons. The van der Waals surface area contributed by atoms with Crippen LogP contribution in [0.25, 0.3) is 10.2 Å². The zero-order chi connectivity index (χ0) is 11.8. The molecule has 1 aromatic carbocycles. The monoisotopic (exact) mass is 247 g/mol. The van der Waals surface area contributed by atoms with Gasteiger partial charge in [0.15, 0.2) is 0 Å². The van der Waals surface area contributed by atoms with E-state index in [2.05, 4.69) is 17.1 Å². The van der Waals surface area contributed by atoms with Crippen LogP contribution in [-0.4, -0.2) is 17.6 Å². The van der Waals surface area contributed by atoms with E-state index >= 15 is 0 Å². The number of aromatic nitrogens is 1. The van der Waals surface area contributed by atoms with Crippen LogP contribution in [-0.2, 0) is 4.74 Å². The molecule has 3 nitrogen and oxygen atoms in total. The lowest BCUT2D eigenvalue weighted by molar-refractivity contribution is 0.0526. The van der Waals surface area contributed by atoms with E-state index in [1.165, 1.54) is 29.7 Å². The number of carbonyl (C=O) groups excluding carboxylic acids is 1. The van der Waals surface area contributed by atoms with Crippen LogP contribution < -0.4 is 0 Å². The van der Waals surface area contributed by atoms with Crippen molar-refractivity contribution < 1.29 is 9.53 Å². The summed E-state index contributed by atoms with van der Waals surface area (Å²) in [5.41, 5.74) is 2.26. The Morgan fingerprint density at radius 1 is 1.53 bits per heavy atom. The molecule has 3 rings (SSSR count). The molecule has 1 saturated carbocycles. The van der Waals surface area contributed by atoms with E-state index < -0.39 is 0 Å². The predicted molar refractivity (Wildman–Crippen MR) is 67.6 cm³/mol. The molecule has 1 fully saturated rings. The van der Waals surface area contributed by atoms with Crippen LogP contribution in [0.5, 0.6) is 0 Å². The van der Waals surface area contributed by atoms with Crippen molar-refractivity contribution in [1.82, 2.24) is 4.98 Å². The van der Waals surface area contributed by atoms with Crippen molar-refractivity contribution in [3.8, 4) is 0 Å². The van der Waals surface area contributed by atoms with Gasteiger partial charge in [0.2, 0.25) is 5.01 Å². The molecule has 0 spiro atoms. The van der Waals surface area contributed by atoms with Gasteiger partial charge in [-0.3, -0.25) is 0 Å². The summed E-state index contributed by atoms with van der Waals surface area (Å²) in [6.07, 6.45) is 2.57. The van der Waals surface area contributed by atoms with Gasteiger partial charge in [0, 0.05) is 0 Å². The lowest BCUT2D eigenvalue weighted by Crippen LogP contribution is -2.03. The van der Waals surface area contributed by atoms with E-state index in [1.807, 2.05) is 6.07 Å². The standard InChI is InChI=1S/C13H13NO2S/c1-2-16-13(15)12-14-10-6-5-9(8-3-4-8)7-11(10)17-12/h5-8H,2-4H2,1H3. The molecule has 2 aromatic rings. The number of fused-ring (bicyclic) bond motifs is 1. The summed E-state index contributed by atoms with van der Waals surface area (Å²) in [6.45, 7) is 2.19. The minimum absolute atomic E-state index is 0.318. The Morgan fingerprint density at radius 2 is 2.35 bits per heavy atom. The van der Waals surface area contributed by atoms with Crippen molar-refractivity contribution in [3.63, 3.8) is 0 Å². The largest absolute Gasteiger partial charge is 0.461 e. The Labute approximate surface area is 103 Å². The number of rotatable bonds is 3. The van der Waals surface area contributed by atoms with E-state index in [9.17, 15) is 4.79 Å². The summed E-state index contributed by atoms with van der Waals surface area (Å²) in [5.74, 6) is 0.411. The third kappa shape index (κ3) is 2.05. The third-order valence-corrected chi connectivity index (χ3v) is 3.91. The second kappa shape index (κ2) is 4.11. The van der Waals surface area contributed by atoms with E-state index in [4.69, 9.17) is 4.74 Å². The summed E-state index contributed by atoms with van der Waals surface area (Å²) in [4.78, 5) is 15.9. The molecule has 88 valence electrons. The van der Waals surface area contributed by atoms with Gasteiger partial charge in [-0.1, -0.05) is 6.07 Å². The SMILES string of the molecule is CCOC(=O)c1nc2ccc(C3CC3)cc2s1. The molecule has 0 aliphatic heterocycles. The normalized spacial score (nSPS) is 15.1. The predicted octanol–water partition coefficient (Wildman–Crippen LogP) is 3.35. The maximum Gasteiger partial charge on any atom is 0.367 e. The van der Waals surface area contributed by atoms with Crippen molar-refractivity contribution in [2.45, 2.75) is 25.7 Å². The summed E-state index contributed by atoms with van der Waals surface area (Å²) in [5, 5.41) is 0.454. The molecule has 1 heterocycles. The highest BCUT2D eigenvalue weighted by molar-refractivity contribution is 7.20. The molecular weight excluding hydrogens is 234 g/mol. The molecule has 1 aromatic heterocycles. The number of thiazole rings is 1. The van der Waals surface area contributed by atoms with Crippen LogP contribution in [0.1, 0.15) is 41.0 Å². The van der Waals surface area contributed by atoms with Crippen LogP contribution in [0.4, 0.5) is 0 Å². The number of hydrogen-bond acceptors (Lipinski definition) is 4. The topological polar surface area (TPSA) is 39.2 Å². The van der Waals surface area contributed by atoms with Gasteiger partial charge in [0.1, 0.15) is 0 Å². The number of nitrogens with zero attached hydrogens (tertiary/aromatic N) is 1. The van der Waals surface area contributed by atoms with E-state index in [0.717, 1.165) is 16.1 Å². The smallest absolute Gasteiger partial charge is 0.367 e. The van der Waals surface area contributed by atoms with Gasteiger partial charge in [-0.05, 0) is 43.4 Å². The molecule has 0 bridgehead atoms. The van der Waals surface area contributed by atoms with Crippen molar-refractivity contribution in [2.24, 2.45) is 0 Å². The van der Waals surface area contributed by atoms with E-state index in [0.29, 0.717) is 11.6 Å². The first-order valence-corrected chi connectivity index (χ1v) is 6.67. The minimum atomic E-state index is -0.318. The average Bonchev–Trinajstić information content (AvgIpc) is 3.08. The fraction of sp³-hybridized carbons (Fsp3) is 0.385. The summed E-state index contributed by atoms with van der Waals surface area (Å²) in [7, 11) is 0. The maximum atomic E-state index is 11.6. The summed E-state index contributed by atoms with van der Waals surface area (Å²) in [6, 6.07) is 6.28. The van der Waals surface area contributed by atoms with Crippen molar-refractivity contribution in [1.29, 1.82) is 0 Å². The minimum Gasteiger partial charge on any atom is -0.461 e. The Morgan fingerprint density at radius 3 is 3.06 bits per heavy atom. The summed E-state index contributed by atoms with van der Waals surface area (Å²) < 4.78 is 6.04. The second-order valence-electron chi connectivity index (χ2n) is 4.24. The third-order valence-electron chi connectivity index (χ3n) is 2.91. The first-order chi connectivity index (χ1) is 8.28. The number of benzene rings is 1. The Bertz CT molecular complexity index is 572. The zero-order valence-corrected chi connectivity index (χ0v) is 10.4. The Kier molecular flexibility index (Phi) is 2.59. The van der Waals surface area contributed by atoms with Crippen LogP contribution in [0.2, 0.25) is 0 Å². The molecule has 4 heteroatoms. The van der Waals surface area contributed by atoms with Gasteiger partial charge in [-0.25, -0.2) is 9.78 Å². The second-order valence-corrected chi connectivity index (χ2v) is 5.27. The van der Waals surface area contributed by atoms with Crippen molar-refractivity contribution >= 4 is 27.5 Å². The van der Waals surface area contributed by atoms with Crippen LogP contribution in [0.3, 0.4) is 0 Å². The van der Waals surface area contributed by atoms with Gasteiger partial charge in [0.05, 0.1) is 16.8 Å².